The second kappa shape index (κ2) is 9.45. The van der Waals surface area contributed by atoms with E-state index in [0.29, 0.717) is 18.1 Å². The Labute approximate surface area is 116 Å². The summed E-state index contributed by atoms with van der Waals surface area (Å²) in [4.78, 5) is 26.7. The van der Waals surface area contributed by atoms with E-state index >= 15 is 0 Å². The predicted octanol–water partition coefficient (Wildman–Crippen LogP) is -0.711. The van der Waals surface area contributed by atoms with Gasteiger partial charge in [0.15, 0.2) is 0 Å². The first kappa shape index (κ1) is 17.5. The van der Waals surface area contributed by atoms with E-state index in [9.17, 15) is 9.59 Å². The van der Waals surface area contributed by atoms with Crippen molar-refractivity contribution >= 4 is 29.8 Å². The van der Waals surface area contributed by atoms with Gasteiger partial charge in [-0.3, -0.25) is 14.6 Å². The van der Waals surface area contributed by atoms with Gasteiger partial charge in [-0.15, -0.1) is 0 Å². The molecule has 0 amide bonds. The van der Waals surface area contributed by atoms with Crippen molar-refractivity contribution in [1.29, 1.82) is 0 Å². The maximum Gasteiger partial charge on any atom is 0.323 e. The summed E-state index contributed by atoms with van der Waals surface area (Å²) >= 11 is 1.28. The van der Waals surface area contributed by atoms with Crippen molar-refractivity contribution in [3.63, 3.8) is 0 Å². The Morgan fingerprint density at radius 3 is 2.47 bits per heavy atom. The number of hydrogen-bond donors (Lipinski definition) is 4. The Morgan fingerprint density at radius 2 is 2.05 bits per heavy atom. The molecule has 9 heteroatoms. The van der Waals surface area contributed by atoms with Crippen LogP contribution >= 0.6 is 11.9 Å². The van der Waals surface area contributed by atoms with Crippen LogP contribution in [0.1, 0.15) is 6.42 Å². The molecule has 0 bridgehead atoms. The number of carbonyl (C=O) groups is 2. The van der Waals surface area contributed by atoms with E-state index < -0.39 is 18.0 Å². The highest BCUT2D eigenvalue weighted by Crippen LogP contribution is 2.02. The molecule has 0 saturated heterocycles. The van der Waals surface area contributed by atoms with Gasteiger partial charge in [-0.05, 0) is 13.5 Å². The maximum absolute atomic E-state index is 10.8. The smallest absolute Gasteiger partial charge is 0.323 e. The zero-order valence-corrected chi connectivity index (χ0v) is 12.0. The lowest BCUT2D eigenvalue weighted by Crippen LogP contribution is -2.39. The number of likely N-dealkylation sites (N-methyl/N-ethyl adjacent to an activating group) is 2. The first-order valence-corrected chi connectivity index (χ1v) is 6.58. The lowest BCUT2D eigenvalue weighted by atomic mass is 10.2. The van der Waals surface area contributed by atoms with Crippen LogP contribution in [0.4, 0.5) is 0 Å². The molecule has 1 unspecified atom stereocenters. The highest BCUT2D eigenvalue weighted by molar-refractivity contribution is 7.97. The lowest BCUT2D eigenvalue weighted by Gasteiger charge is -2.19. The van der Waals surface area contributed by atoms with Crippen molar-refractivity contribution in [2.24, 2.45) is 4.99 Å². The highest BCUT2D eigenvalue weighted by Gasteiger charge is 2.14. The summed E-state index contributed by atoms with van der Waals surface area (Å²) in [5.74, 6) is -0.853. The zero-order valence-electron chi connectivity index (χ0n) is 11.2. The van der Waals surface area contributed by atoms with Gasteiger partial charge in [0.25, 0.3) is 0 Å². The van der Waals surface area contributed by atoms with Crippen LogP contribution in [0, 0.1) is 0 Å². The topological polar surface area (TPSA) is 114 Å². The number of nitrogens with one attached hydrogen (secondary N) is 2. The second-order valence-electron chi connectivity index (χ2n) is 3.72. The maximum atomic E-state index is 10.8. The average Bonchev–Trinajstić information content (AvgIpc) is 2.32. The molecule has 0 aromatic carbocycles. The van der Waals surface area contributed by atoms with E-state index in [2.05, 4.69) is 15.0 Å². The Morgan fingerprint density at radius 1 is 1.42 bits per heavy atom. The standard InChI is InChI=1S/C10H20N4O4S/c1-11-7(9(17)18)4-5-19-13-10(12-2)14(3)6-8(15)16/h7,11H,4-6H2,1-3H3,(H,12,13)(H,15,16)(H,17,18). The number of carboxylic acids is 2. The van der Waals surface area contributed by atoms with Crippen LogP contribution < -0.4 is 10.0 Å². The fourth-order valence-electron chi connectivity index (χ4n) is 1.26. The third-order valence-corrected chi connectivity index (χ3v) is 3.03. The summed E-state index contributed by atoms with van der Waals surface area (Å²) in [6.07, 6.45) is 0.448. The van der Waals surface area contributed by atoms with E-state index in [4.69, 9.17) is 10.2 Å². The Bertz CT molecular complexity index is 337. The van der Waals surface area contributed by atoms with Gasteiger partial charge in [-0.25, -0.2) is 0 Å². The molecule has 0 aliphatic carbocycles. The van der Waals surface area contributed by atoms with Crippen molar-refractivity contribution in [3.05, 3.63) is 0 Å². The molecule has 0 aliphatic heterocycles. The van der Waals surface area contributed by atoms with Gasteiger partial charge in [0.1, 0.15) is 12.6 Å². The number of carboxylic acid groups (broad SMARTS) is 2. The van der Waals surface area contributed by atoms with Crippen LogP contribution in [0.5, 0.6) is 0 Å². The molecule has 8 nitrogen and oxygen atoms in total. The van der Waals surface area contributed by atoms with Crippen molar-refractivity contribution in [2.75, 3.05) is 33.4 Å². The SMILES string of the molecule is CN=C(NSCCC(NC)C(=O)O)N(C)CC(=O)O. The van der Waals surface area contributed by atoms with Gasteiger partial charge in [0.05, 0.1) is 0 Å². The molecule has 110 valence electrons. The molecule has 0 saturated carbocycles. The van der Waals surface area contributed by atoms with Crippen LogP contribution in [0.25, 0.3) is 0 Å². The van der Waals surface area contributed by atoms with Gasteiger partial charge >= 0.3 is 11.9 Å². The average molecular weight is 292 g/mol. The summed E-state index contributed by atoms with van der Waals surface area (Å²) in [7, 11) is 4.75. The third kappa shape index (κ3) is 7.52. The van der Waals surface area contributed by atoms with Crippen molar-refractivity contribution in [1.82, 2.24) is 14.9 Å². The molecule has 0 aromatic rings. The van der Waals surface area contributed by atoms with Crippen LogP contribution in [0.15, 0.2) is 4.99 Å². The summed E-state index contributed by atoms with van der Waals surface area (Å²) in [5.41, 5.74) is 0. The molecule has 0 radical (unpaired) electrons. The molecule has 0 aromatic heterocycles. The van der Waals surface area contributed by atoms with E-state index in [1.165, 1.54) is 16.8 Å². The van der Waals surface area contributed by atoms with Crippen LogP contribution in [0.3, 0.4) is 0 Å². The summed E-state index contributed by atoms with van der Waals surface area (Å²) in [6, 6.07) is -0.590. The number of aliphatic imine (C=N–C) groups is 1. The molecule has 0 rings (SSSR count). The van der Waals surface area contributed by atoms with E-state index in [1.54, 1.807) is 21.1 Å². The van der Waals surface area contributed by atoms with Crippen LogP contribution in [-0.4, -0.2) is 72.5 Å². The minimum Gasteiger partial charge on any atom is -0.480 e. The monoisotopic (exact) mass is 292 g/mol. The summed E-state index contributed by atoms with van der Waals surface area (Å²) in [5, 5.41) is 20.2. The Kier molecular flexibility index (Phi) is 8.71. The van der Waals surface area contributed by atoms with E-state index in [1.807, 2.05) is 0 Å². The van der Waals surface area contributed by atoms with Crippen LogP contribution in [0.2, 0.25) is 0 Å². The van der Waals surface area contributed by atoms with E-state index in [0.717, 1.165) is 0 Å². The van der Waals surface area contributed by atoms with Gasteiger partial charge in [0.2, 0.25) is 5.96 Å². The number of guanidine groups is 1. The highest BCUT2D eigenvalue weighted by atomic mass is 32.2. The number of nitrogens with zero attached hydrogens (tertiary/aromatic N) is 2. The predicted molar refractivity (Wildman–Crippen MR) is 74.3 cm³/mol. The Balaban J connectivity index is 4.03. The van der Waals surface area contributed by atoms with E-state index in [-0.39, 0.29) is 6.54 Å². The largest absolute Gasteiger partial charge is 0.480 e. The first-order chi connectivity index (χ1) is 8.92. The first-order valence-electron chi connectivity index (χ1n) is 5.60. The van der Waals surface area contributed by atoms with Crippen molar-refractivity contribution in [2.45, 2.75) is 12.5 Å². The quantitative estimate of drug-likeness (QED) is 0.201. The molecule has 0 spiro atoms. The van der Waals surface area contributed by atoms with Crippen molar-refractivity contribution in [3.8, 4) is 0 Å². The normalized spacial score (nSPS) is 12.9. The molecule has 4 N–H and O–H groups in total. The minimum atomic E-state index is -0.948. The molecule has 0 heterocycles. The van der Waals surface area contributed by atoms with Crippen molar-refractivity contribution < 1.29 is 19.8 Å². The number of hydrogen-bond acceptors (Lipinski definition) is 5. The van der Waals surface area contributed by atoms with Gasteiger partial charge < -0.3 is 25.2 Å². The molecule has 0 fully saturated rings. The van der Waals surface area contributed by atoms with Gasteiger partial charge in [0, 0.05) is 19.8 Å². The molecule has 0 aliphatic rings. The number of rotatable bonds is 8. The molecule has 19 heavy (non-hydrogen) atoms. The molecular formula is C10H20N4O4S. The Hall–Kier alpha value is -1.48. The summed E-state index contributed by atoms with van der Waals surface area (Å²) < 4.78 is 2.90. The van der Waals surface area contributed by atoms with Gasteiger partial charge in [-0.1, -0.05) is 11.9 Å². The summed E-state index contributed by atoms with van der Waals surface area (Å²) in [6.45, 7) is -0.158. The molecule has 1 atom stereocenters. The van der Waals surface area contributed by atoms with Gasteiger partial charge in [-0.2, -0.15) is 0 Å². The fraction of sp³-hybridized carbons (Fsp3) is 0.700. The fourth-order valence-corrected chi connectivity index (χ4v) is 2.09. The molecular weight excluding hydrogens is 272 g/mol. The minimum absolute atomic E-state index is 0.158. The lowest BCUT2D eigenvalue weighted by molar-refractivity contribution is -0.139. The zero-order chi connectivity index (χ0) is 14.8. The second-order valence-corrected chi connectivity index (χ2v) is 4.62. The van der Waals surface area contributed by atoms with Crippen LogP contribution in [-0.2, 0) is 9.59 Å². The third-order valence-electron chi connectivity index (χ3n) is 2.26. The number of aliphatic carboxylic acids is 2.